The molecule has 2 aliphatic rings. The van der Waals surface area contributed by atoms with E-state index < -0.39 is 10.0 Å². The molecule has 7 nitrogen and oxygen atoms in total. The number of ether oxygens (including phenoxy) is 2. The average Bonchev–Trinajstić information content (AvgIpc) is 3.28. The average molecular weight is 431 g/mol. The summed E-state index contributed by atoms with van der Waals surface area (Å²) in [6.45, 7) is 1.43. The van der Waals surface area contributed by atoms with Crippen LogP contribution in [0.2, 0.25) is 0 Å². The van der Waals surface area contributed by atoms with E-state index in [2.05, 4.69) is 5.32 Å². The molecule has 160 valence electrons. The molecule has 1 amide bonds. The highest BCUT2D eigenvalue weighted by molar-refractivity contribution is 7.89. The molecule has 2 aromatic carbocycles. The summed E-state index contributed by atoms with van der Waals surface area (Å²) < 4.78 is 38.2. The fourth-order valence-electron chi connectivity index (χ4n) is 3.76. The number of benzene rings is 2. The molecule has 1 aliphatic carbocycles. The van der Waals surface area contributed by atoms with Crippen LogP contribution in [0.15, 0.2) is 53.4 Å². The number of nitrogens with one attached hydrogen (secondary N) is 1. The van der Waals surface area contributed by atoms with Crippen molar-refractivity contribution in [1.29, 1.82) is 0 Å². The minimum absolute atomic E-state index is 0.155. The van der Waals surface area contributed by atoms with Gasteiger partial charge in [0, 0.05) is 24.3 Å². The quantitative estimate of drug-likeness (QED) is 0.760. The number of anilines is 1. The summed E-state index contributed by atoms with van der Waals surface area (Å²) in [5.41, 5.74) is 0.913. The van der Waals surface area contributed by atoms with E-state index in [1.165, 1.54) is 29.3 Å². The molecule has 1 aliphatic heterocycles. The Bertz CT molecular complexity index is 979. The van der Waals surface area contributed by atoms with Crippen LogP contribution >= 0.6 is 0 Å². The number of hydrogen-bond donors (Lipinski definition) is 1. The van der Waals surface area contributed by atoms with E-state index in [9.17, 15) is 13.2 Å². The molecule has 2 aromatic rings. The highest BCUT2D eigenvalue weighted by Crippen LogP contribution is 2.25. The first kappa shape index (κ1) is 20.8. The van der Waals surface area contributed by atoms with Crippen molar-refractivity contribution in [1.82, 2.24) is 4.31 Å². The predicted octanol–water partition coefficient (Wildman–Crippen LogP) is 3.28. The number of carbonyl (C=O) groups is 1. The van der Waals surface area contributed by atoms with Crippen LogP contribution in [-0.4, -0.2) is 51.0 Å². The third-order valence-electron chi connectivity index (χ3n) is 5.42. The molecule has 8 heteroatoms. The molecule has 2 fully saturated rings. The van der Waals surface area contributed by atoms with Crippen molar-refractivity contribution in [3.8, 4) is 5.75 Å². The normalized spacial score (nSPS) is 18.3. The SMILES string of the molecule is O=C(Nc1cccc(S(=O)(=O)N2CCOCC2)c1)c1ccc(OC2CCCC2)cc1. The van der Waals surface area contributed by atoms with Crippen LogP contribution < -0.4 is 10.1 Å². The van der Waals surface area contributed by atoms with Crippen molar-refractivity contribution in [3.63, 3.8) is 0 Å². The topological polar surface area (TPSA) is 84.9 Å². The van der Waals surface area contributed by atoms with Crippen LogP contribution in [0.3, 0.4) is 0 Å². The lowest BCUT2D eigenvalue weighted by Crippen LogP contribution is -2.40. The summed E-state index contributed by atoms with van der Waals surface area (Å²) in [6, 6.07) is 13.4. The molecule has 30 heavy (non-hydrogen) atoms. The van der Waals surface area contributed by atoms with E-state index in [0.29, 0.717) is 37.6 Å². The zero-order valence-electron chi connectivity index (χ0n) is 16.7. The predicted molar refractivity (Wildman–Crippen MR) is 113 cm³/mol. The van der Waals surface area contributed by atoms with E-state index >= 15 is 0 Å². The van der Waals surface area contributed by atoms with Gasteiger partial charge in [-0.15, -0.1) is 0 Å². The van der Waals surface area contributed by atoms with Gasteiger partial charge in [-0.25, -0.2) is 8.42 Å². The van der Waals surface area contributed by atoms with Gasteiger partial charge in [-0.1, -0.05) is 6.07 Å². The van der Waals surface area contributed by atoms with Gasteiger partial charge in [0.1, 0.15) is 5.75 Å². The zero-order chi connectivity index (χ0) is 21.0. The number of nitrogens with zero attached hydrogens (tertiary/aromatic N) is 1. The summed E-state index contributed by atoms with van der Waals surface area (Å²) in [6.07, 6.45) is 4.82. The van der Waals surface area contributed by atoms with Gasteiger partial charge in [0.2, 0.25) is 10.0 Å². The van der Waals surface area contributed by atoms with Gasteiger partial charge in [-0.2, -0.15) is 4.31 Å². The second-order valence-corrected chi connectivity index (χ2v) is 9.49. The van der Waals surface area contributed by atoms with Crippen molar-refractivity contribution in [2.75, 3.05) is 31.6 Å². The minimum Gasteiger partial charge on any atom is -0.490 e. The molecule has 0 atom stereocenters. The lowest BCUT2D eigenvalue weighted by molar-refractivity contribution is 0.0730. The Balaban J connectivity index is 1.42. The summed E-state index contributed by atoms with van der Waals surface area (Å²) in [5.74, 6) is 0.459. The molecule has 1 saturated carbocycles. The van der Waals surface area contributed by atoms with E-state index in [0.717, 1.165) is 18.6 Å². The second-order valence-electron chi connectivity index (χ2n) is 7.55. The van der Waals surface area contributed by atoms with Crippen molar-refractivity contribution in [2.24, 2.45) is 0 Å². The third kappa shape index (κ3) is 4.83. The van der Waals surface area contributed by atoms with Crippen LogP contribution in [0.5, 0.6) is 5.75 Å². The van der Waals surface area contributed by atoms with Gasteiger partial charge >= 0.3 is 0 Å². The maximum absolute atomic E-state index is 12.8. The lowest BCUT2D eigenvalue weighted by atomic mass is 10.2. The summed E-state index contributed by atoms with van der Waals surface area (Å²) in [7, 11) is -3.62. The monoisotopic (exact) mass is 430 g/mol. The van der Waals surface area contributed by atoms with Gasteiger partial charge in [-0.05, 0) is 68.1 Å². The number of sulfonamides is 1. The maximum atomic E-state index is 12.8. The van der Waals surface area contributed by atoms with Crippen molar-refractivity contribution in [3.05, 3.63) is 54.1 Å². The Hall–Kier alpha value is -2.42. The summed E-state index contributed by atoms with van der Waals surface area (Å²) in [5, 5.41) is 2.78. The number of rotatable bonds is 6. The maximum Gasteiger partial charge on any atom is 0.255 e. The standard InChI is InChI=1S/C22H26N2O5S/c25-22(17-8-10-20(11-9-17)29-19-5-1-2-6-19)23-18-4-3-7-21(16-18)30(26,27)24-12-14-28-15-13-24/h3-4,7-11,16,19H,1-2,5-6,12-15H2,(H,23,25). The number of amides is 1. The van der Waals surface area contributed by atoms with Crippen LogP contribution in [0.4, 0.5) is 5.69 Å². The molecular formula is C22H26N2O5S. The molecule has 0 spiro atoms. The molecule has 0 aromatic heterocycles. The first-order valence-corrected chi connectivity index (χ1v) is 11.7. The lowest BCUT2D eigenvalue weighted by Gasteiger charge is -2.26. The molecule has 0 bridgehead atoms. The smallest absolute Gasteiger partial charge is 0.255 e. The van der Waals surface area contributed by atoms with Gasteiger partial charge in [0.15, 0.2) is 0 Å². The Morgan fingerprint density at radius 2 is 1.73 bits per heavy atom. The Labute approximate surface area is 177 Å². The number of morpholine rings is 1. The zero-order valence-corrected chi connectivity index (χ0v) is 17.6. The Morgan fingerprint density at radius 3 is 2.43 bits per heavy atom. The van der Waals surface area contributed by atoms with Crippen molar-refractivity contribution in [2.45, 2.75) is 36.7 Å². The Kier molecular flexibility index (Phi) is 6.36. The van der Waals surface area contributed by atoms with Crippen molar-refractivity contribution >= 4 is 21.6 Å². The van der Waals surface area contributed by atoms with Crippen LogP contribution in [0, 0.1) is 0 Å². The van der Waals surface area contributed by atoms with E-state index in [4.69, 9.17) is 9.47 Å². The van der Waals surface area contributed by atoms with Gasteiger partial charge in [-0.3, -0.25) is 4.79 Å². The molecule has 4 rings (SSSR count). The van der Waals surface area contributed by atoms with Gasteiger partial charge in [0.25, 0.3) is 5.91 Å². The largest absolute Gasteiger partial charge is 0.490 e. The van der Waals surface area contributed by atoms with Crippen LogP contribution in [-0.2, 0) is 14.8 Å². The van der Waals surface area contributed by atoms with Crippen LogP contribution in [0.25, 0.3) is 0 Å². The summed E-state index contributed by atoms with van der Waals surface area (Å²) in [4.78, 5) is 12.8. The molecule has 0 radical (unpaired) electrons. The fourth-order valence-corrected chi connectivity index (χ4v) is 5.21. The van der Waals surface area contributed by atoms with Gasteiger partial charge in [0.05, 0.1) is 24.2 Å². The third-order valence-corrected chi connectivity index (χ3v) is 7.32. The Morgan fingerprint density at radius 1 is 1.03 bits per heavy atom. The van der Waals surface area contributed by atoms with E-state index in [1.807, 2.05) is 0 Å². The highest BCUT2D eigenvalue weighted by Gasteiger charge is 2.26. The fraction of sp³-hybridized carbons (Fsp3) is 0.409. The van der Waals surface area contributed by atoms with Crippen LogP contribution in [0.1, 0.15) is 36.0 Å². The molecular weight excluding hydrogens is 404 g/mol. The first-order chi connectivity index (χ1) is 14.5. The number of hydrogen-bond acceptors (Lipinski definition) is 5. The minimum atomic E-state index is -3.62. The number of carbonyl (C=O) groups excluding carboxylic acids is 1. The molecule has 1 saturated heterocycles. The van der Waals surface area contributed by atoms with Crippen molar-refractivity contribution < 1.29 is 22.7 Å². The highest BCUT2D eigenvalue weighted by atomic mass is 32.2. The summed E-state index contributed by atoms with van der Waals surface area (Å²) >= 11 is 0. The van der Waals surface area contributed by atoms with E-state index in [1.54, 1.807) is 36.4 Å². The molecule has 1 N–H and O–H groups in total. The van der Waals surface area contributed by atoms with E-state index in [-0.39, 0.29) is 16.9 Å². The van der Waals surface area contributed by atoms with Gasteiger partial charge < -0.3 is 14.8 Å². The first-order valence-electron chi connectivity index (χ1n) is 10.3. The second kappa shape index (κ2) is 9.16. The molecule has 1 heterocycles. The molecule has 0 unspecified atom stereocenters.